The van der Waals surface area contributed by atoms with E-state index in [1.165, 1.54) is 0 Å². The first kappa shape index (κ1) is 13.9. The molecule has 0 aliphatic carbocycles. The number of rotatable bonds is 5. The maximum absolute atomic E-state index is 5.98. The molecule has 1 aromatic rings. The van der Waals surface area contributed by atoms with E-state index in [-0.39, 0.29) is 18.3 Å². The summed E-state index contributed by atoms with van der Waals surface area (Å²) in [4.78, 5) is 8.58. The fraction of sp³-hybridized carbons (Fsp3) is 0.571. The molecule has 0 spiro atoms. The van der Waals surface area contributed by atoms with Crippen LogP contribution in [0.5, 0.6) is 0 Å². The molecule has 2 saturated heterocycles. The van der Waals surface area contributed by atoms with E-state index in [1.54, 1.807) is 12.4 Å². The van der Waals surface area contributed by atoms with Gasteiger partial charge < -0.3 is 13.3 Å². The topological polar surface area (TPSA) is 52.9 Å². The lowest BCUT2D eigenvalue weighted by atomic mass is 10.1. The minimum Gasteiger partial charge on any atom is -0.368 e. The number of aliphatic imine (C=N–C) groups is 1. The second kappa shape index (κ2) is 5.73. The van der Waals surface area contributed by atoms with Gasteiger partial charge in [-0.1, -0.05) is 6.07 Å². The van der Waals surface area contributed by atoms with E-state index in [0.717, 1.165) is 24.7 Å². The Bertz CT molecular complexity index is 471. The minimum absolute atomic E-state index is 0.124. The smallest absolute Gasteiger partial charge is 0.368 e. The zero-order valence-corrected chi connectivity index (χ0v) is 12.9. The maximum Gasteiger partial charge on any atom is 0.502 e. The summed E-state index contributed by atoms with van der Waals surface area (Å²) in [5, 5.41) is 0. The number of fused-ring (bicyclic) bond motifs is 2. The third-order valence-corrected chi connectivity index (χ3v) is 6.71. The van der Waals surface area contributed by atoms with Crippen LogP contribution in [0.1, 0.15) is 26.0 Å². The molecule has 2 unspecified atom stereocenters. The van der Waals surface area contributed by atoms with Gasteiger partial charge in [-0.25, -0.2) is 0 Å². The van der Waals surface area contributed by atoms with E-state index in [1.807, 2.05) is 18.2 Å². The summed E-state index contributed by atoms with van der Waals surface area (Å²) in [6.45, 7) is 4.88. The summed E-state index contributed by atoms with van der Waals surface area (Å²) >= 11 is 0. The number of nitrogens with zero attached hydrogens (tertiary/aromatic N) is 2. The molecule has 0 radical (unpaired) electrons. The van der Waals surface area contributed by atoms with Crippen molar-refractivity contribution in [3.63, 3.8) is 0 Å². The van der Waals surface area contributed by atoms with Crippen molar-refractivity contribution >= 4 is 15.0 Å². The molecule has 3 heterocycles. The molecule has 2 fully saturated rings. The van der Waals surface area contributed by atoms with Crippen LogP contribution < -0.4 is 0 Å². The van der Waals surface area contributed by atoms with Crippen molar-refractivity contribution in [2.75, 3.05) is 6.54 Å². The van der Waals surface area contributed by atoms with E-state index in [4.69, 9.17) is 13.3 Å². The van der Waals surface area contributed by atoms with Crippen molar-refractivity contribution in [3.8, 4) is 0 Å². The standard InChI is InChI=1S/C14H20N2O3Si/c1-11-14-12(2)18-20(17-11,19-14)9-5-7-15-10-13-6-3-4-8-16-13/h3-4,6,8,10-12,14H,5,7,9H2,1-2H3/b15-10+. The Kier molecular flexibility index (Phi) is 3.98. The normalized spacial score (nSPS) is 36.0. The molecule has 0 amide bonds. The van der Waals surface area contributed by atoms with E-state index in [2.05, 4.69) is 23.8 Å². The molecule has 2 aliphatic heterocycles. The Morgan fingerprint density at radius 1 is 1.25 bits per heavy atom. The van der Waals surface area contributed by atoms with Crippen molar-refractivity contribution in [2.45, 2.75) is 44.6 Å². The average Bonchev–Trinajstić information content (AvgIpc) is 2.93. The number of hydrogen-bond acceptors (Lipinski definition) is 5. The van der Waals surface area contributed by atoms with Gasteiger partial charge in [0, 0.05) is 25.0 Å². The monoisotopic (exact) mass is 292 g/mol. The first-order valence-electron chi connectivity index (χ1n) is 7.13. The van der Waals surface area contributed by atoms with Crippen LogP contribution >= 0.6 is 0 Å². The molecule has 2 atom stereocenters. The molecule has 3 rings (SSSR count). The summed E-state index contributed by atoms with van der Waals surface area (Å²) < 4.78 is 17.8. The van der Waals surface area contributed by atoms with Gasteiger partial charge >= 0.3 is 8.80 Å². The zero-order chi connectivity index (χ0) is 14.0. The molecule has 0 N–H and O–H groups in total. The van der Waals surface area contributed by atoms with Crippen molar-refractivity contribution in [1.29, 1.82) is 0 Å². The molecule has 0 saturated carbocycles. The molecule has 6 heteroatoms. The van der Waals surface area contributed by atoms with Gasteiger partial charge in [0.15, 0.2) is 0 Å². The van der Waals surface area contributed by atoms with Gasteiger partial charge in [-0.15, -0.1) is 0 Å². The predicted octanol–water partition coefficient (Wildman–Crippen LogP) is 2.05. The van der Waals surface area contributed by atoms with E-state index >= 15 is 0 Å². The van der Waals surface area contributed by atoms with Crippen LogP contribution in [0.15, 0.2) is 29.4 Å². The third kappa shape index (κ3) is 2.83. The van der Waals surface area contributed by atoms with Gasteiger partial charge in [-0.2, -0.15) is 0 Å². The quantitative estimate of drug-likeness (QED) is 0.473. The lowest BCUT2D eigenvalue weighted by molar-refractivity contribution is 0.0406. The molecule has 20 heavy (non-hydrogen) atoms. The van der Waals surface area contributed by atoms with Gasteiger partial charge in [-0.3, -0.25) is 9.98 Å². The van der Waals surface area contributed by atoms with E-state index in [9.17, 15) is 0 Å². The molecule has 5 nitrogen and oxygen atoms in total. The second-order valence-electron chi connectivity index (χ2n) is 5.30. The number of aromatic nitrogens is 1. The zero-order valence-electron chi connectivity index (χ0n) is 11.9. The van der Waals surface area contributed by atoms with Crippen LogP contribution in [0, 0.1) is 0 Å². The van der Waals surface area contributed by atoms with Crippen LogP contribution in [-0.2, 0) is 13.3 Å². The van der Waals surface area contributed by atoms with Crippen LogP contribution in [0.4, 0.5) is 0 Å². The van der Waals surface area contributed by atoms with Gasteiger partial charge in [0.2, 0.25) is 0 Å². The molecule has 108 valence electrons. The highest BCUT2D eigenvalue weighted by Gasteiger charge is 2.60. The van der Waals surface area contributed by atoms with Crippen molar-refractivity contribution in [1.82, 2.24) is 4.98 Å². The second-order valence-corrected chi connectivity index (χ2v) is 7.88. The minimum atomic E-state index is -2.38. The van der Waals surface area contributed by atoms with Crippen LogP contribution in [0.2, 0.25) is 6.04 Å². The third-order valence-electron chi connectivity index (χ3n) is 3.65. The summed E-state index contributed by atoms with van der Waals surface area (Å²) in [7, 11) is -2.38. The average molecular weight is 292 g/mol. The van der Waals surface area contributed by atoms with Gasteiger partial charge in [0.25, 0.3) is 0 Å². The Balaban J connectivity index is 1.46. The highest BCUT2D eigenvalue weighted by molar-refractivity contribution is 6.62. The highest BCUT2D eigenvalue weighted by atomic mass is 28.4. The first-order chi connectivity index (χ1) is 9.69. The van der Waals surface area contributed by atoms with Gasteiger partial charge in [-0.05, 0) is 32.4 Å². The fourth-order valence-corrected chi connectivity index (χ4v) is 6.05. The lowest BCUT2D eigenvalue weighted by Gasteiger charge is -2.26. The maximum atomic E-state index is 5.98. The van der Waals surface area contributed by atoms with Crippen molar-refractivity contribution < 1.29 is 13.3 Å². The summed E-state index contributed by atoms with van der Waals surface area (Å²) in [5.41, 5.74) is 0.885. The SMILES string of the molecule is CC1O[Si]2(CCC/N=C/c3ccccn3)OC(C)C1O2. The number of hydrogen-bond donors (Lipinski definition) is 0. The first-order valence-corrected chi connectivity index (χ1v) is 9.06. The van der Waals surface area contributed by atoms with Gasteiger partial charge in [0.05, 0.1) is 24.0 Å². The predicted molar refractivity (Wildman–Crippen MR) is 77.8 cm³/mol. The molecule has 2 bridgehead atoms. The Labute approximate surface area is 120 Å². The van der Waals surface area contributed by atoms with E-state index in [0.29, 0.717) is 0 Å². The Morgan fingerprint density at radius 3 is 2.70 bits per heavy atom. The summed E-state index contributed by atoms with van der Waals surface area (Å²) in [6.07, 6.45) is 4.95. The van der Waals surface area contributed by atoms with Crippen molar-refractivity contribution in [3.05, 3.63) is 30.1 Å². The highest BCUT2D eigenvalue weighted by Crippen LogP contribution is 2.40. The molecule has 1 aromatic heterocycles. The van der Waals surface area contributed by atoms with Crippen molar-refractivity contribution in [2.24, 2.45) is 4.99 Å². The molecule has 0 aromatic carbocycles. The molecule has 2 aliphatic rings. The van der Waals surface area contributed by atoms with E-state index < -0.39 is 8.80 Å². The molecular formula is C14H20N2O3Si. The van der Waals surface area contributed by atoms with Crippen LogP contribution in [0.3, 0.4) is 0 Å². The largest absolute Gasteiger partial charge is 0.502 e. The lowest BCUT2D eigenvalue weighted by Crippen LogP contribution is -2.43. The Morgan fingerprint density at radius 2 is 2.05 bits per heavy atom. The summed E-state index contributed by atoms with van der Waals surface area (Å²) in [6, 6.07) is 6.63. The molecular weight excluding hydrogens is 272 g/mol. The van der Waals surface area contributed by atoms with Gasteiger partial charge in [0.1, 0.15) is 0 Å². The Hall–Kier alpha value is -1.08. The number of pyridine rings is 1. The summed E-state index contributed by atoms with van der Waals surface area (Å²) in [5.74, 6) is 0. The van der Waals surface area contributed by atoms with Crippen LogP contribution in [-0.4, -0.2) is 44.9 Å². The fourth-order valence-electron chi connectivity index (χ4n) is 2.74. The van der Waals surface area contributed by atoms with Crippen LogP contribution in [0.25, 0.3) is 0 Å².